The van der Waals surface area contributed by atoms with Crippen LogP contribution in [0.25, 0.3) is 0 Å². The van der Waals surface area contributed by atoms with Crippen LogP contribution in [0.3, 0.4) is 0 Å². The van der Waals surface area contributed by atoms with Gasteiger partial charge in [-0.2, -0.15) is 0 Å². The average molecular weight is 349 g/mol. The zero-order valence-corrected chi connectivity index (χ0v) is 14.0. The van der Waals surface area contributed by atoms with Crippen LogP contribution < -0.4 is 15.5 Å². The van der Waals surface area contributed by atoms with Gasteiger partial charge in [-0.25, -0.2) is 18.6 Å². The fraction of sp³-hybridized carbons (Fsp3) is 0.412. The zero-order chi connectivity index (χ0) is 17.8. The Labute approximate surface area is 144 Å². The number of aromatic nitrogens is 2. The zero-order valence-electron chi connectivity index (χ0n) is 14.0. The van der Waals surface area contributed by atoms with Crippen molar-refractivity contribution in [3.63, 3.8) is 0 Å². The third kappa shape index (κ3) is 4.26. The number of carbonyl (C=O) groups excluding carboxylic acids is 1. The lowest BCUT2D eigenvalue weighted by Gasteiger charge is -2.20. The van der Waals surface area contributed by atoms with E-state index in [1.165, 1.54) is 0 Å². The first kappa shape index (κ1) is 17.2. The Morgan fingerprint density at radius 1 is 1.28 bits per heavy atom. The summed E-state index contributed by atoms with van der Waals surface area (Å²) in [6.45, 7) is 3.67. The first-order chi connectivity index (χ1) is 12.0. The van der Waals surface area contributed by atoms with Gasteiger partial charge in [0.25, 0.3) is 0 Å². The molecule has 3 rings (SSSR count). The number of urea groups is 1. The van der Waals surface area contributed by atoms with E-state index in [9.17, 15) is 13.6 Å². The number of nitrogens with zero attached hydrogens (tertiary/aromatic N) is 3. The van der Waals surface area contributed by atoms with E-state index in [0.717, 1.165) is 25.0 Å². The van der Waals surface area contributed by atoms with Crippen LogP contribution in [-0.4, -0.2) is 34.7 Å². The molecule has 0 saturated carbocycles. The van der Waals surface area contributed by atoms with Crippen molar-refractivity contribution in [3.8, 4) is 0 Å². The molecule has 2 aromatic rings. The fourth-order valence-corrected chi connectivity index (χ4v) is 3.03. The molecule has 0 bridgehead atoms. The van der Waals surface area contributed by atoms with Gasteiger partial charge in [-0.15, -0.1) is 0 Å². The number of nitrogens with one attached hydrogen (secondary N) is 2. The summed E-state index contributed by atoms with van der Waals surface area (Å²) in [6.07, 6.45) is 6.95. The number of imidazole rings is 1. The van der Waals surface area contributed by atoms with Gasteiger partial charge in [0, 0.05) is 43.8 Å². The molecule has 1 aliphatic rings. The molecule has 1 saturated heterocycles. The number of anilines is 2. The number of amides is 2. The van der Waals surface area contributed by atoms with Gasteiger partial charge in [-0.3, -0.25) is 0 Å². The maximum absolute atomic E-state index is 14.3. The number of carbonyl (C=O) groups is 1. The molecule has 1 aliphatic heterocycles. The molecule has 2 N–H and O–H groups in total. The molecule has 6 nitrogen and oxygen atoms in total. The summed E-state index contributed by atoms with van der Waals surface area (Å²) in [6, 6.07) is 1.61. The molecule has 1 aromatic carbocycles. The molecule has 0 aliphatic carbocycles. The summed E-state index contributed by atoms with van der Waals surface area (Å²) in [5.41, 5.74) is 0.0715. The Morgan fingerprint density at radius 3 is 2.56 bits per heavy atom. The van der Waals surface area contributed by atoms with E-state index >= 15 is 0 Å². The summed E-state index contributed by atoms with van der Waals surface area (Å²) in [5.74, 6) is -1.33. The molecule has 1 fully saturated rings. The highest BCUT2D eigenvalue weighted by Crippen LogP contribution is 2.29. The van der Waals surface area contributed by atoms with E-state index in [1.807, 2.05) is 11.5 Å². The maximum atomic E-state index is 14.3. The second kappa shape index (κ2) is 7.50. The number of hydrogen-bond acceptors (Lipinski definition) is 3. The molecule has 2 amide bonds. The minimum Gasteiger partial charge on any atom is -0.367 e. The SMILES string of the molecule is C[C@H](Cn1ccnc1)NC(=O)Nc1cc(F)c(N2CCCC2)c(F)c1. The molecule has 0 radical (unpaired) electrons. The van der Waals surface area contributed by atoms with Crippen molar-refractivity contribution < 1.29 is 13.6 Å². The summed E-state index contributed by atoms with van der Waals surface area (Å²) < 4.78 is 30.4. The lowest BCUT2D eigenvalue weighted by Crippen LogP contribution is -2.38. The highest BCUT2D eigenvalue weighted by Gasteiger charge is 2.21. The summed E-state index contributed by atoms with van der Waals surface area (Å²) in [5, 5.41) is 5.20. The van der Waals surface area contributed by atoms with E-state index in [0.29, 0.717) is 19.6 Å². The molecule has 134 valence electrons. The molecule has 0 unspecified atom stereocenters. The van der Waals surface area contributed by atoms with Crippen LogP contribution in [0.4, 0.5) is 25.0 Å². The third-order valence-corrected chi connectivity index (χ3v) is 4.12. The Hall–Kier alpha value is -2.64. The Morgan fingerprint density at radius 2 is 1.96 bits per heavy atom. The monoisotopic (exact) mass is 349 g/mol. The van der Waals surface area contributed by atoms with Crippen LogP contribution in [0, 0.1) is 11.6 Å². The van der Waals surface area contributed by atoms with Crippen molar-refractivity contribution in [2.75, 3.05) is 23.3 Å². The second-order valence-corrected chi connectivity index (χ2v) is 6.24. The molecular weight excluding hydrogens is 328 g/mol. The van der Waals surface area contributed by atoms with Crippen LogP contribution in [-0.2, 0) is 6.54 Å². The van der Waals surface area contributed by atoms with Crippen LogP contribution in [0.2, 0.25) is 0 Å². The predicted octanol–water partition coefficient (Wildman–Crippen LogP) is 2.97. The average Bonchev–Trinajstić information content (AvgIpc) is 3.19. The fourth-order valence-electron chi connectivity index (χ4n) is 3.03. The maximum Gasteiger partial charge on any atom is 0.319 e. The van der Waals surface area contributed by atoms with E-state index in [4.69, 9.17) is 0 Å². The standard InChI is InChI=1S/C17H21F2N5O/c1-12(10-23-7-4-20-11-23)21-17(25)22-13-8-14(18)16(15(19)9-13)24-5-2-3-6-24/h4,7-9,11-12H,2-3,5-6,10H2,1H3,(H2,21,22,25)/t12-/m1/s1. The molecule has 2 heterocycles. The van der Waals surface area contributed by atoms with Gasteiger partial charge in [-0.1, -0.05) is 0 Å². The van der Waals surface area contributed by atoms with E-state index in [2.05, 4.69) is 15.6 Å². The van der Waals surface area contributed by atoms with Crippen LogP contribution >= 0.6 is 0 Å². The molecule has 0 spiro atoms. The van der Waals surface area contributed by atoms with Gasteiger partial charge in [0.1, 0.15) is 5.69 Å². The quantitative estimate of drug-likeness (QED) is 0.872. The molecule has 1 aromatic heterocycles. The van der Waals surface area contributed by atoms with Crippen LogP contribution in [0.5, 0.6) is 0 Å². The van der Waals surface area contributed by atoms with Gasteiger partial charge < -0.3 is 20.1 Å². The van der Waals surface area contributed by atoms with Gasteiger partial charge in [-0.05, 0) is 31.9 Å². The van der Waals surface area contributed by atoms with Crippen LogP contribution in [0.1, 0.15) is 19.8 Å². The molecule has 1 atom stereocenters. The van der Waals surface area contributed by atoms with E-state index in [1.54, 1.807) is 23.6 Å². The van der Waals surface area contributed by atoms with Gasteiger partial charge in [0.15, 0.2) is 11.6 Å². The lowest BCUT2D eigenvalue weighted by atomic mass is 10.2. The summed E-state index contributed by atoms with van der Waals surface area (Å²) >= 11 is 0. The Kier molecular flexibility index (Phi) is 5.16. The van der Waals surface area contributed by atoms with E-state index in [-0.39, 0.29) is 17.4 Å². The Bertz CT molecular complexity index is 706. The first-order valence-electron chi connectivity index (χ1n) is 8.30. The number of hydrogen-bond donors (Lipinski definition) is 2. The van der Waals surface area contributed by atoms with Crippen molar-refractivity contribution >= 4 is 17.4 Å². The highest BCUT2D eigenvalue weighted by atomic mass is 19.1. The molecule has 8 heteroatoms. The lowest BCUT2D eigenvalue weighted by molar-refractivity contribution is 0.248. The second-order valence-electron chi connectivity index (χ2n) is 6.24. The van der Waals surface area contributed by atoms with Crippen LogP contribution in [0.15, 0.2) is 30.9 Å². The van der Waals surface area contributed by atoms with Gasteiger partial charge in [0.2, 0.25) is 0 Å². The van der Waals surface area contributed by atoms with Crippen molar-refractivity contribution in [1.82, 2.24) is 14.9 Å². The van der Waals surface area contributed by atoms with Gasteiger partial charge in [0.05, 0.1) is 6.33 Å². The van der Waals surface area contributed by atoms with Crippen molar-refractivity contribution in [1.29, 1.82) is 0 Å². The summed E-state index contributed by atoms with van der Waals surface area (Å²) in [7, 11) is 0. The normalized spacial score (nSPS) is 15.2. The Balaban J connectivity index is 1.61. The third-order valence-electron chi connectivity index (χ3n) is 4.12. The van der Waals surface area contributed by atoms with Gasteiger partial charge >= 0.3 is 6.03 Å². The number of benzene rings is 1. The highest BCUT2D eigenvalue weighted by molar-refractivity contribution is 5.89. The number of rotatable bonds is 5. The smallest absolute Gasteiger partial charge is 0.319 e. The van der Waals surface area contributed by atoms with Crippen molar-refractivity contribution in [2.24, 2.45) is 0 Å². The van der Waals surface area contributed by atoms with E-state index < -0.39 is 17.7 Å². The minimum atomic E-state index is -0.663. The molecule has 25 heavy (non-hydrogen) atoms. The predicted molar refractivity (Wildman–Crippen MR) is 91.6 cm³/mol. The van der Waals surface area contributed by atoms with Crippen molar-refractivity contribution in [2.45, 2.75) is 32.4 Å². The summed E-state index contributed by atoms with van der Waals surface area (Å²) in [4.78, 5) is 17.6. The first-order valence-corrected chi connectivity index (χ1v) is 8.30. The molecular formula is C17H21F2N5O. The minimum absolute atomic E-state index is 0.0167. The topological polar surface area (TPSA) is 62.2 Å². The number of halogens is 2. The largest absolute Gasteiger partial charge is 0.367 e. The van der Waals surface area contributed by atoms with Crippen molar-refractivity contribution in [3.05, 3.63) is 42.5 Å².